The number of thiazole rings is 1. The zero-order valence-electron chi connectivity index (χ0n) is 11.4. The minimum atomic E-state index is -4.79. The van der Waals surface area contributed by atoms with Gasteiger partial charge in [-0.2, -0.15) is 13.2 Å². The van der Waals surface area contributed by atoms with Gasteiger partial charge in [0.2, 0.25) is 0 Å². The zero-order chi connectivity index (χ0) is 16.8. The van der Waals surface area contributed by atoms with Crippen LogP contribution in [0.25, 0.3) is 16.2 Å². The fourth-order valence-electron chi connectivity index (χ4n) is 2.01. The van der Waals surface area contributed by atoms with E-state index in [-0.39, 0.29) is 10.7 Å². The van der Waals surface area contributed by atoms with Crippen molar-refractivity contribution >= 4 is 32.9 Å². The number of fused-ring (bicyclic) bond motifs is 1. The van der Waals surface area contributed by atoms with Crippen LogP contribution in [0.15, 0.2) is 33.1 Å². The Morgan fingerprint density at radius 1 is 1.39 bits per heavy atom. The van der Waals surface area contributed by atoms with E-state index in [4.69, 9.17) is 4.74 Å². The van der Waals surface area contributed by atoms with Gasteiger partial charge in [0.05, 0.1) is 17.1 Å². The lowest BCUT2D eigenvalue weighted by atomic mass is 10.2. The normalized spacial score (nSPS) is 11.9. The minimum Gasteiger partial charge on any atom is -0.497 e. The Labute approximate surface area is 139 Å². The summed E-state index contributed by atoms with van der Waals surface area (Å²) in [7, 11) is 1.37. The molecule has 0 atom stereocenters. The van der Waals surface area contributed by atoms with Gasteiger partial charge in [-0.25, -0.2) is 9.97 Å². The van der Waals surface area contributed by atoms with E-state index in [2.05, 4.69) is 25.9 Å². The van der Waals surface area contributed by atoms with Gasteiger partial charge in [0.1, 0.15) is 22.0 Å². The highest BCUT2D eigenvalue weighted by Crippen LogP contribution is 2.36. The summed E-state index contributed by atoms with van der Waals surface area (Å²) in [6.45, 7) is 0. The smallest absolute Gasteiger partial charge is 0.434 e. The maximum Gasteiger partial charge on any atom is 0.434 e. The lowest BCUT2D eigenvalue weighted by Gasteiger charge is -2.12. The molecule has 0 aliphatic carbocycles. The highest BCUT2D eigenvalue weighted by molar-refractivity contribution is 9.11. The number of alkyl halides is 3. The molecule has 3 rings (SSSR count). The summed E-state index contributed by atoms with van der Waals surface area (Å²) in [5.74, 6) is 0.301. The van der Waals surface area contributed by atoms with Crippen molar-refractivity contribution in [1.29, 1.82) is 0 Å². The molecule has 0 fully saturated rings. The highest BCUT2D eigenvalue weighted by atomic mass is 79.9. The third-order valence-corrected chi connectivity index (χ3v) is 4.49. The average molecular weight is 406 g/mol. The van der Waals surface area contributed by atoms with Crippen LogP contribution in [0.5, 0.6) is 5.75 Å². The molecule has 0 spiro atoms. The fourth-order valence-corrected chi connectivity index (χ4v) is 3.26. The Kier molecular flexibility index (Phi) is 3.88. The third kappa shape index (κ3) is 2.83. The number of halogens is 4. The van der Waals surface area contributed by atoms with Gasteiger partial charge < -0.3 is 4.74 Å². The molecule has 3 heterocycles. The molecule has 0 amide bonds. The first-order chi connectivity index (χ1) is 10.8. The van der Waals surface area contributed by atoms with E-state index < -0.39 is 23.0 Å². The van der Waals surface area contributed by atoms with Crippen molar-refractivity contribution in [3.05, 3.63) is 44.4 Å². The number of aromatic nitrogens is 3. The van der Waals surface area contributed by atoms with E-state index in [0.29, 0.717) is 9.54 Å². The van der Waals surface area contributed by atoms with E-state index in [0.717, 1.165) is 15.7 Å². The van der Waals surface area contributed by atoms with Gasteiger partial charge in [0.15, 0.2) is 5.69 Å². The van der Waals surface area contributed by atoms with Crippen LogP contribution in [0.1, 0.15) is 5.69 Å². The SMILES string of the molecule is COc1ccn2c(=O)c(-c3ncc(Br)s3)c(C(F)(F)F)nc2c1. The van der Waals surface area contributed by atoms with Crippen molar-refractivity contribution in [2.45, 2.75) is 6.18 Å². The number of hydrogen-bond acceptors (Lipinski definition) is 5. The standard InChI is InChI=1S/C13H7BrF3N3O2S/c1-22-6-2-3-20-8(4-6)19-10(13(15,16)17)9(12(20)21)11-18-5-7(14)23-11/h2-5H,1H3. The number of nitrogens with zero attached hydrogens (tertiary/aromatic N) is 3. The third-order valence-electron chi connectivity index (χ3n) is 3.00. The Hall–Kier alpha value is -1.94. The molecule has 0 saturated heterocycles. The van der Waals surface area contributed by atoms with Crippen LogP contribution in [0.4, 0.5) is 13.2 Å². The zero-order valence-corrected chi connectivity index (χ0v) is 13.8. The number of ether oxygens (including phenoxy) is 1. The minimum absolute atomic E-state index is 0.0491. The fraction of sp³-hybridized carbons (Fsp3) is 0.154. The van der Waals surface area contributed by atoms with Crippen LogP contribution in [0.2, 0.25) is 0 Å². The quantitative estimate of drug-likeness (QED) is 0.653. The molecule has 0 unspecified atom stereocenters. The summed E-state index contributed by atoms with van der Waals surface area (Å²) < 4.78 is 46.6. The summed E-state index contributed by atoms with van der Waals surface area (Å²) in [6.07, 6.45) is -2.14. The number of hydrogen-bond donors (Lipinski definition) is 0. The van der Waals surface area contributed by atoms with E-state index in [1.165, 1.54) is 31.6 Å². The molecule has 0 N–H and O–H groups in total. The number of rotatable bonds is 2. The van der Waals surface area contributed by atoms with Gasteiger partial charge in [-0.1, -0.05) is 0 Å². The van der Waals surface area contributed by atoms with Gasteiger partial charge in [-0.05, 0) is 22.0 Å². The Morgan fingerprint density at radius 2 is 2.13 bits per heavy atom. The maximum absolute atomic E-state index is 13.4. The van der Waals surface area contributed by atoms with Crippen molar-refractivity contribution in [3.63, 3.8) is 0 Å². The van der Waals surface area contributed by atoms with Crippen molar-refractivity contribution < 1.29 is 17.9 Å². The average Bonchev–Trinajstić information content (AvgIpc) is 2.91. The number of methoxy groups -OCH3 is 1. The molecule has 5 nitrogen and oxygen atoms in total. The summed E-state index contributed by atoms with van der Waals surface area (Å²) >= 11 is 4.06. The molecule has 3 aromatic heterocycles. The van der Waals surface area contributed by atoms with E-state index in [9.17, 15) is 18.0 Å². The molecule has 0 aliphatic rings. The predicted molar refractivity (Wildman–Crippen MR) is 81.8 cm³/mol. The van der Waals surface area contributed by atoms with Crippen molar-refractivity contribution in [3.8, 4) is 16.3 Å². The first kappa shape index (κ1) is 15.9. The summed E-state index contributed by atoms with van der Waals surface area (Å²) in [4.78, 5) is 20.0. The van der Waals surface area contributed by atoms with E-state index in [1.807, 2.05) is 0 Å². The van der Waals surface area contributed by atoms with Crippen molar-refractivity contribution in [1.82, 2.24) is 14.4 Å². The lowest BCUT2D eigenvalue weighted by Crippen LogP contribution is -2.24. The Bertz CT molecular complexity index is 952. The van der Waals surface area contributed by atoms with E-state index in [1.54, 1.807) is 0 Å². The first-order valence-corrected chi connectivity index (χ1v) is 7.71. The lowest BCUT2D eigenvalue weighted by molar-refractivity contribution is -0.140. The number of pyridine rings is 1. The Morgan fingerprint density at radius 3 is 2.70 bits per heavy atom. The molecule has 0 radical (unpaired) electrons. The largest absolute Gasteiger partial charge is 0.497 e. The van der Waals surface area contributed by atoms with Crippen LogP contribution in [0, 0.1) is 0 Å². The highest BCUT2D eigenvalue weighted by Gasteiger charge is 2.38. The van der Waals surface area contributed by atoms with Crippen LogP contribution >= 0.6 is 27.3 Å². The monoisotopic (exact) mass is 405 g/mol. The molecule has 0 aliphatic heterocycles. The second kappa shape index (κ2) is 5.60. The molecule has 0 saturated carbocycles. The van der Waals surface area contributed by atoms with Gasteiger partial charge in [-0.15, -0.1) is 11.3 Å². The van der Waals surface area contributed by atoms with E-state index >= 15 is 0 Å². The van der Waals surface area contributed by atoms with Gasteiger partial charge in [0.25, 0.3) is 5.56 Å². The predicted octanol–water partition coefficient (Wildman–Crippen LogP) is 3.61. The molecular weight excluding hydrogens is 399 g/mol. The second-order valence-corrected chi connectivity index (χ2v) is 6.81. The molecule has 0 bridgehead atoms. The molecular formula is C13H7BrF3N3O2S. The molecule has 10 heteroatoms. The summed E-state index contributed by atoms with van der Waals surface area (Å²) in [6, 6.07) is 2.73. The summed E-state index contributed by atoms with van der Waals surface area (Å²) in [5, 5.41) is -0.0491. The second-order valence-electron chi connectivity index (χ2n) is 4.40. The molecule has 0 aromatic carbocycles. The van der Waals surface area contributed by atoms with Gasteiger partial charge in [0, 0.05) is 12.3 Å². The Balaban J connectivity index is 2.42. The maximum atomic E-state index is 13.4. The van der Waals surface area contributed by atoms with Crippen LogP contribution in [-0.2, 0) is 6.18 Å². The molecule has 23 heavy (non-hydrogen) atoms. The van der Waals surface area contributed by atoms with Crippen molar-refractivity contribution in [2.24, 2.45) is 0 Å². The van der Waals surface area contributed by atoms with Crippen LogP contribution in [-0.4, -0.2) is 21.5 Å². The van der Waals surface area contributed by atoms with Crippen LogP contribution in [0.3, 0.4) is 0 Å². The summed E-state index contributed by atoms with van der Waals surface area (Å²) in [5.41, 5.74) is -2.83. The van der Waals surface area contributed by atoms with Crippen molar-refractivity contribution in [2.75, 3.05) is 7.11 Å². The molecule has 3 aromatic rings. The molecule has 120 valence electrons. The van der Waals surface area contributed by atoms with Gasteiger partial charge in [-0.3, -0.25) is 9.20 Å². The first-order valence-electron chi connectivity index (χ1n) is 6.10. The van der Waals surface area contributed by atoms with Gasteiger partial charge >= 0.3 is 6.18 Å². The topological polar surface area (TPSA) is 56.5 Å². The van der Waals surface area contributed by atoms with Crippen LogP contribution < -0.4 is 10.3 Å².